The van der Waals surface area contributed by atoms with Gasteiger partial charge >= 0.3 is 5.69 Å². The second kappa shape index (κ2) is 10.0. The van der Waals surface area contributed by atoms with E-state index in [4.69, 9.17) is 14.2 Å². The summed E-state index contributed by atoms with van der Waals surface area (Å²) >= 11 is 0. The maximum atomic E-state index is 13.0. The fourth-order valence-electron chi connectivity index (χ4n) is 2.68. The molecule has 0 bridgehead atoms. The van der Waals surface area contributed by atoms with Crippen molar-refractivity contribution in [2.24, 2.45) is 5.10 Å². The zero-order valence-electron chi connectivity index (χ0n) is 17.1. The molecule has 0 aliphatic heterocycles. The van der Waals surface area contributed by atoms with Crippen LogP contribution in [0, 0.1) is 15.9 Å². The highest BCUT2D eigenvalue weighted by Gasteiger charge is 2.17. The number of nitro groups is 1. The summed E-state index contributed by atoms with van der Waals surface area (Å²) in [5.41, 5.74) is 2.67. The quantitative estimate of drug-likeness (QED) is 0.318. The lowest BCUT2D eigenvalue weighted by Gasteiger charge is -2.08. The summed E-state index contributed by atoms with van der Waals surface area (Å²) in [7, 11) is 2.94. The van der Waals surface area contributed by atoms with Gasteiger partial charge in [-0.1, -0.05) is 0 Å². The first-order valence-corrected chi connectivity index (χ1v) is 9.18. The molecule has 0 radical (unpaired) electrons. The number of rotatable bonds is 8. The van der Waals surface area contributed by atoms with Gasteiger partial charge in [-0.05, 0) is 54.6 Å². The SMILES string of the molecule is COc1ccc(C(=O)NN=Cc2ccc(Oc3ccc(F)cc3)c([N+](=O)[O-])c2)cc1OC. The summed E-state index contributed by atoms with van der Waals surface area (Å²) in [4.78, 5) is 23.1. The van der Waals surface area contributed by atoms with Gasteiger partial charge in [-0.25, -0.2) is 9.82 Å². The molecule has 3 aromatic rings. The maximum absolute atomic E-state index is 13.0. The number of benzene rings is 3. The second-order valence-electron chi connectivity index (χ2n) is 6.31. The Bertz CT molecular complexity index is 1160. The van der Waals surface area contributed by atoms with Gasteiger partial charge in [-0.2, -0.15) is 5.10 Å². The van der Waals surface area contributed by atoms with Crippen molar-refractivity contribution in [3.63, 3.8) is 0 Å². The van der Waals surface area contributed by atoms with E-state index in [9.17, 15) is 19.3 Å². The van der Waals surface area contributed by atoms with E-state index in [1.807, 2.05) is 0 Å². The number of amides is 1. The molecule has 0 atom stereocenters. The molecule has 3 aromatic carbocycles. The molecule has 0 aliphatic rings. The first-order valence-electron chi connectivity index (χ1n) is 9.18. The van der Waals surface area contributed by atoms with E-state index in [0.717, 1.165) is 0 Å². The van der Waals surface area contributed by atoms with Crippen molar-refractivity contribution in [2.75, 3.05) is 14.2 Å². The fourth-order valence-corrected chi connectivity index (χ4v) is 2.68. The zero-order valence-corrected chi connectivity index (χ0v) is 17.1. The molecule has 1 amide bonds. The lowest BCUT2D eigenvalue weighted by Crippen LogP contribution is -2.17. The van der Waals surface area contributed by atoms with Gasteiger partial charge in [0.1, 0.15) is 11.6 Å². The predicted molar refractivity (Wildman–Crippen MR) is 114 cm³/mol. The molecule has 9 nitrogen and oxygen atoms in total. The van der Waals surface area contributed by atoms with Crippen molar-refractivity contribution in [3.8, 4) is 23.0 Å². The molecule has 0 saturated carbocycles. The van der Waals surface area contributed by atoms with Gasteiger partial charge in [0.25, 0.3) is 5.91 Å². The number of nitrogens with one attached hydrogen (secondary N) is 1. The first kappa shape index (κ1) is 22.2. The average Bonchev–Trinajstić information content (AvgIpc) is 2.80. The van der Waals surface area contributed by atoms with E-state index in [0.29, 0.717) is 17.1 Å². The average molecular weight is 439 g/mol. The van der Waals surface area contributed by atoms with E-state index >= 15 is 0 Å². The van der Waals surface area contributed by atoms with Gasteiger partial charge < -0.3 is 14.2 Å². The molecule has 3 rings (SSSR count). The lowest BCUT2D eigenvalue weighted by molar-refractivity contribution is -0.385. The van der Waals surface area contributed by atoms with Gasteiger partial charge in [0.2, 0.25) is 5.75 Å². The number of hydrogen-bond donors (Lipinski definition) is 1. The third-order valence-corrected chi connectivity index (χ3v) is 4.25. The normalized spacial score (nSPS) is 10.6. The van der Waals surface area contributed by atoms with Crippen LogP contribution < -0.4 is 19.6 Å². The van der Waals surface area contributed by atoms with Crippen molar-refractivity contribution >= 4 is 17.8 Å². The number of ether oxygens (including phenoxy) is 3. The molecule has 32 heavy (non-hydrogen) atoms. The summed E-state index contributed by atoms with van der Waals surface area (Å²) in [6.07, 6.45) is 1.26. The van der Waals surface area contributed by atoms with Gasteiger partial charge in [-0.3, -0.25) is 14.9 Å². The van der Waals surface area contributed by atoms with Crippen LogP contribution >= 0.6 is 0 Å². The zero-order chi connectivity index (χ0) is 23.1. The van der Waals surface area contributed by atoms with Crippen LogP contribution in [0.2, 0.25) is 0 Å². The Morgan fingerprint density at radius 2 is 1.69 bits per heavy atom. The third-order valence-electron chi connectivity index (χ3n) is 4.25. The van der Waals surface area contributed by atoms with Crippen LogP contribution in [-0.2, 0) is 0 Å². The van der Waals surface area contributed by atoms with Crippen LogP contribution in [0.5, 0.6) is 23.0 Å². The van der Waals surface area contributed by atoms with Gasteiger partial charge in [0.15, 0.2) is 11.5 Å². The van der Waals surface area contributed by atoms with E-state index in [1.54, 1.807) is 12.1 Å². The van der Waals surface area contributed by atoms with Crippen LogP contribution in [-0.4, -0.2) is 31.3 Å². The van der Waals surface area contributed by atoms with Crippen molar-refractivity contribution in [1.29, 1.82) is 0 Å². The second-order valence-corrected chi connectivity index (χ2v) is 6.31. The smallest absolute Gasteiger partial charge is 0.312 e. The molecule has 0 heterocycles. The number of halogens is 1. The van der Waals surface area contributed by atoms with E-state index < -0.39 is 16.6 Å². The minimum absolute atomic E-state index is 0.0203. The molecule has 0 fully saturated rings. The predicted octanol–water partition coefficient (Wildman–Crippen LogP) is 4.31. The molecule has 1 N–H and O–H groups in total. The van der Waals surface area contributed by atoms with Crippen molar-refractivity contribution in [1.82, 2.24) is 5.43 Å². The molecule has 0 aliphatic carbocycles. The van der Waals surface area contributed by atoms with E-state index in [1.165, 1.54) is 69.0 Å². The Balaban J connectivity index is 1.73. The minimum Gasteiger partial charge on any atom is -0.493 e. The molecular weight excluding hydrogens is 421 g/mol. The summed E-state index contributed by atoms with van der Waals surface area (Å²) in [6, 6.07) is 13.9. The number of carbonyl (C=O) groups is 1. The molecule has 0 unspecified atom stereocenters. The Hall–Kier alpha value is -4.47. The Morgan fingerprint density at radius 3 is 2.34 bits per heavy atom. The van der Waals surface area contributed by atoms with E-state index in [-0.39, 0.29) is 22.7 Å². The molecule has 0 aromatic heterocycles. The number of methoxy groups -OCH3 is 2. The Labute approximate surface area is 182 Å². The molecule has 0 spiro atoms. The van der Waals surface area contributed by atoms with Gasteiger partial charge in [0.05, 0.1) is 25.4 Å². The highest BCUT2D eigenvalue weighted by atomic mass is 19.1. The summed E-state index contributed by atoms with van der Waals surface area (Å²) in [5.74, 6) is 0.132. The van der Waals surface area contributed by atoms with Crippen LogP contribution in [0.15, 0.2) is 65.8 Å². The van der Waals surface area contributed by atoms with Crippen LogP contribution in [0.1, 0.15) is 15.9 Å². The summed E-state index contributed by atoms with van der Waals surface area (Å²) < 4.78 is 28.8. The molecule has 0 saturated heterocycles. The Kier molecular flexibility index (Phi) is 6.96. The topological polar surface area (TPSA) is 112 Å². The fraction of sp³-hybridized carbons (Fsp3) is 0.0909. The highest BCUT2D eigenvalue weighted by molar-refractivity contribution is 5.95. The number of nitrogens with zero attached hydrogens (tertiary/aromatic N) is 2. The number of hydrogen-bond acceptors (Lipinski definition) is 7. The highest BCUT2D eigenvalue weighted by Crippen LogP contribution is 2.32. The third kappa shape index (κ3) is 5.36. The summed E-state index contributed by atoms with van der Waals surface area (Å²) in [6.45, 7) is 0. The van der Waals surface area contributed by atoms with E-state index in [2.05, 4.69) is 10.5 Å². The van der Waals surface area contributed by atoms with Crippen LogP contribution in [0.4, 0.5) is 10.1 Å². The summed E-state index contributed by atoms with van der Waals surface area (Å²) in [5, 5.41) is 15.3. The van der Waals surface area contributed by atoms with Crippen molar-refractivity contribution in [2.45, 2.75) is 0 Å². The van der Waals surface area contributed by atoms with Gasteiger partial charge in [-0.15, -0.1) is 0 Å². The molecule has 164 valence electrons. The maximum Gasteiger partial charge on any atom is 0.312 e. The van der Waals surface area contributed by atoms with Crippen molar-refractivity contribution < 1.29 is 28.3 Å². The largest absolute Gasteiger partial charge is 0.493 e. The minimum atomic E-state index is -0.613. The molecular formula is C22H18FN3O6. The standard InChI is InChI=1S/C22H18FN3O6/c1-30-20-10-4-15(12-21(20)31-2)22(27)25-24-13-14-3-9-19(18(11-14)26(28)29)32-17-7-5-16(23)6-8-17/h3-13H,1-2H3,(H,25,27). The molecule has 10 heteroatoms. The lowest BCUT2D eigenvalue weighted by atomic mass is 10.2. The van der Waals surface area contributed by atoms with Crippen LogP contribution in [0.3, 0.4) is 0 Å². The number of hydrazone groups is 1. The van der Waals surface area contributed by atoms with Crippen LogP contribution in [0.25, 0.3) is 0 Å². The number of carbonyl (C=O) groups excluding carboxylic acids is 1. The van der Waals surface area contributed by atoms with Crippen molar-refractivity contribution in [3.05, 3.63) is 87.7 Å². The van der Waals surface area contributed by atoms with Gasteiger partial charge in [0, 0.05) is 17.2 Å². The monoisotopic (exact) mass is 439 g/mol. The Morgan fingerprint density at radius 1 is 1.00 bits per heavy atom. The number of nitro benzene ring substituents is 1. The first-order chi connectivity index (χ1) is 15.4.